The van der Waals surface area contributed by atoms with Gasteiger partial charge < -0.3 is 4.90 Å². The SMILES string of the molecule is C[C@H](c1cc(-c2ccccc2)n[nH]1)N(C)C(=O)c1cccc(-n2cccn2)c1. The van der Waals surface area contributed by atoms with Crippen LogP contribution in [-0.2, 0) is 0 Å². The lowest BCUT2D eigenvalue weighted by Crippen LogP contribution is -2.30. The highest BCUT2D eigenvalue weighted by Gasteiger charge is 2.21. The highest BCUT2D eigenvalue weighted by Crippen LogP contribution is 2.24. The van der Waals surface area contributed by atoms with Gasteiger partial charge in [-0.05, 0) is 37.3 Å². The quantitative estimate of drug-likeness (QED) is 0.574. The van der Waals surface area contributed by atoms with Crippen LogP contribution < -0.4 is 0 Å². The predicted molar refractivity (Wildman–Crippen MR) is 108 cm³/mol. The number of benzene rings is 2. The number of carbonyl (C=O) groups is 1. The second kappa shape index (κ2) is 7.52. The summed E-state index contributed by atoms with van der Waals surface area (Å²) < 4.78 is 1.74. The second-order valence-corrected chi connectivity index (χ2v) is 6.67. The summed E-state index contributed by atoms with van der Waals surface area (Å²) in [6, 6.07) is 21.1. The lowest BCUT2D eigenvalue weighted by atomic mass is 10.1. The average molecular weight is 371 g/mol. The van der Waals surface area contributed by atoms with Gasteiger partial charge in [0.05, 0.1) is 23.1 Å². The molecule has 0 spiro atoms. The highest BCUT2D eigenvalue weighted by molar-refractivity contribution is 5.94. The van der Waals surface area contributed by atoms with Crippen LogP contribution in [0.5, 0.6) is 0 Å². The first-order valence-electron chi connectivity index (χ1n) is 9.11. The Balaban J connectivity index is 1.54. The molecule has 0 saturated heterocycles. The molecule has 6 nitrogen and oxygen atoms in total. The van der Waals surface area contributed by atoms with E-state index in [2.05, 4.69) is 15.3 Å². The number of rotatable bonds is 5. The van der Waals surface area contributed by atoms with Crippen LogP contribution >= 0.6 is 0 Å². The van der Waals surface area contributed by atoms with E-state index in [4.69, 9.17) is 0 Å². The van der Waals surface area contributed by atoms with Crippen LogP contribution in [0.3, 0.4) is 0 Å². The number of H-pyrrole nitrogens is 1. The van der Waals surface area contributed by atoms with E-state index in [9.17, 15) is 4.79 Å². The van der Waals surface area contributed by atoms with Crippen molar-refractivity contribution in [2.24, 2.45) is 0 Å². The fourth-order valence-corrected chi connectivity index (χ4v) is 3.10. The molecule has 2 heterocycles. The molecular weight excluding hydrogens is 350 g/mol. The third-order valence-electron chi connectivity index (χ3n) is 4.88. The van der Waals surface area contributed by atoms with Gasteiger partial charge in [0.15, 0.2) is 0 Å². The van der Waals surface area contributed by atoms with Gasteiger partial charge in [-0.25, -0.2) is 4.68 Å². The van der Waals surface area contributed by atoms with Crippen molar-refractivity contribution in [2.45, 2.75) is 13.0 Å². The van der Waals surface area contributed by atoms with Gasteiger partial charge in [-0.3, -0.25) is 9.89 Å². The maximum Gasteiger partial charge on any atom is 0.254 e. The third kappa shape index (κ3) is 3.44. The van der Waals surface area contributed by atoms with Crippen molar-refractivity contribution in [3.05, 3.63) is 90.4 Å². The fourth-order valence-electron chi connectivity index (χ4n) is 3.10. The van der Waals surface area contributed by atoms with Crippen molar-refractivity contribution in [1.82, 2.24) is 24.9 Å². The zero-order chi connectivity index (χ0) is 19.5. The van der Waals surface area contributed by atoms with Gasteiger partial charge in [0.1, 0.15) is 0 Å². The maximum atomic E-state index is 13.0. The predicted octanol–water partition coefficient (Wildman–Crippen LogP) is 4.10. The van der Waals surface area contributed by atoms with E-state index in [1.54, 1.807) is 22.8 Å². The van der Waals surface area contributed by atoms with Crippen LogP contribution in [0.25, 0.3) is 16.9 Å². The molecule has 0 aliphatic rings. The Morgan fingerprint density at radius 3 is 2.64 bits per heavy atom. The molecule has 140 valence electrons. The summed E-state index contributed by atoms with van der Waals surface area (Å²) >= 11 is 0. The minimum absolute atomic E-state index is 0.0580. The summed E-state index contributed by atoms with van der Waals surface area (Å²) in [6.45, 7) is 1.98. The molecule has 6 heteroatoms. The minimum Gasteiger partial charge on any atom is -0.333 e. The molecule has 1 amide bonds. The summed E-state index contributed by atoms with van der Waals surface area (Å²) in [6.07, 6.45) is 3.57. The second-order valence-electron chi connectivity index (χ2n) is 6.67. The first kappa shape index (κ1) is 17.7. The van der Waals surface area contributed by atoms with Crippen LogP contribution in [0.2, 0.25) is 0 Å². The van der Waals surface area contributed by atoms with Crippen molar-refractivity contribution in [2.75, 3.05) is 7.05 Å². The summed E-state index contributed by atoms with van der Waals surface area (Å²) in [5.41, 5.74) is 4.26. The topological polar surface area (TPSA) is 66.8 Å². The smallest absolute Gasteiger partial charge is 0.254 e. The Morgan fingerprint density at radius 1 is 1.07 bits per heavy atom. The molecule has 1 N–H and O–H groups in total. The monoisotopic (exact) mass is 371 g/mol. The van der Waals surface area contributed by atoms with Crippen molar-refractivity contribution in [3.63, 3.8) is 0 Å². The van der Waals surface area contributed by atoms with Gasteiger partial charge >= 0.3 is 0 Å². The van der Waals surface area contributed by atoms with E-state index in [1.807, 2.05) is 79.9 Å². The van der Waals surface area contributed by atoms with Gasteiger partial charge in [-0.2, -0.15) is 10.2 Å². The molecule has 28 heavy (non-hydrogen) atoms. The summed E-state index contributed by atoms with van der Waals surface area (Å²) in [5, 5.41) is 11.7. The molecule has 1 atom stereocenters. The number of carbonyl (C=O) groups excluding carboxylic acids is 1. The molecular formula is C22H21N5O. The third-order valence-corrected chi connectivity index (χ3v) is 4.88. The van der Waals surface area contributed by atoms with Crippen LogP contribution in [0, 0.1) is 0 Å². The number of aromatic amines is 1. The van der Waals surface area contributed by atoms with Gasteiger partial charge in [-0.15, -0.1) is 0 Å². The van der Waals surface area contributed by atoms with Crippen LogP contribution in [-0.4, -0.2) is 37.8 Å². The Kier molecular flexibility index (Phi) is 4.76. The van der Waals surface area contributed by atoms with Gasteiger partial charge in [0.2, 0.25) is 0 Å². The van der Waals surface area contributed by atoms with E-state index in [0.717, 1.165) is 22.6 Å². The zero-order valence-corrected chi connectivity index (χ0v) is 15.8. The maximum absolute atomic E-state index is 13.0. The molecule has 0 aliphatic heterocycles. The lowest BCUT2D eigenvalue weighted by Gasteiger charge is -2.24. The Bertz CT molecular complexity index is 1070. The normalized spacial score (nSPS) is 11.9. The standard InChI is InChI=1S/C22H21N5O/c1-16(20-15-21(25-24-20)17-8-4-3-5-9-17)26(2)22(28)18-10-6-11-19(14-18)27-13-7-12-23-27/h3-16H,1-2H3,(H,24,25)/t16-/m1/s1. The molecule has 0 saturated carbocycles. The molecule has 4 rings (SSSR count). The van der Waals surface area contributed by atoms with Gasteiger partial charge in [0, 0.05) is 30.6 Å². The number of nitrogens with zero attached hydrogens (tertiary/aromatic N) is 4. The molecule has 0 aliphatic carbocycles. The Morgan fingerprint density at radius 2 is 1.89 bits per heavy atom. The Labute approximate surface area is 163 Å². The van der Waals surface area contributed by atoms with E-state index in [0.29, 0.717) is 5.56 Å². The van der Waals surface area contributed by atoms with E-state index in [-0.39, 0.29) is 11.9 Å². The van der Waals surface area contributed by atoms with Crippen molar-refractivity contribution in [1.29, 1.82) is 0 Å². The number of hydrogen-bond donors (Lipinski definition) is 1. The fraction of sp³-hybridized carbons (Fsp3) is 0.136. The molecule has 0 bridgehead atoms. The molecule has 0 fully saturated rings. The van der Waals surface area contributed by atoms with Gasteiger partial charge in [-0.1, -0.05) is 36.4 Å². The van der Waals surface area contributed by atoms with E-state index in [1.165, 1.54) is 0 Å². The van der Waals surface area contributed by atoms with E-state index < -0.39 is 0 Å². The van der Waals surface area contributed by atoms with Crippen LogP contribution in [0.15, 0.2) is 79.1 Å². The van der Waals surface area contributed by atoms with E-state index >= 15 is 0 Å². The summed E-state index contributed by atoms with van der Waals surface area (Å²) in [5.74, 6) is -0.0580. The molecule has 2 aromatic heterocycles. The Hall–Kier alpha value is -3.67. The van der Waals surface area contributed by atoms with Crippen molar-refractivity contribution < 1.29 is 4.79 Å². The number of amides is 1. The molecule has 4 aromatic rings. The molecule has 2 aromatic carbocycles. The molecule has 0 radical (unpaired) electrons. The van der Waals surface area contributed by atoms with Gasteiger partial charge in [0.25, 0.3) is 5.91 Å². The summed E-state index contributed by atoms with van der Waals surface area (Å²) in [7, 11) is 1.80. The zero-order valence-electron chi connectivity index (χ0n) is 15.8. The van der Waals surface area contributed by atoms with Crippen LogP contribution in [0.4, 0.5) is 0 Å². The lowest BCUT2D eigenvalue weighted by molar-refractivity contribution is 0.0739. The first-order valence-corrected chi connectivity index (χ1v) is 9.11. The number of aromatic nitrogens is 4. The average Bonchev–Trinajstić information content (AvgIpc) is 3.45. The molecule has 0 unspecified atom stereocenters. The van der Waals surface area contributed by atoms with Crippen molar-refractivity contribution >= 4 is 5.91 Å². The van der Waals surface area contributed by atoms with Crippen molar-refractivity contribution in [3.8, 4) is 16.9 Å². The minimum atomic E-state index is -0.147. The summed E-state index contributed by atoms with van der Waals surface area (Å²) in [4.78, 5) is 14.7. The highest BCUT2D eigenvalue weighted by atomic mass is 16.2. The number of nitrogens with one attached hydrogen (secondary N) is 1. The largest absolute Gasteiger partial charge is 0.333 e. The first-order chi connectivity index (χ1) is 13.6. The van der Waals surface area contributed by atoms with Crippen LogP contribution in [0.1, 0.15) is 29.0 Å². The number of hydrogen-bond acceptors (Lipinski definition) is 3.